The Labute approximate surface area is 126 Å². The molecule has 0 amide bonds. The number of fused-ring (bicyclic) bond motifs is 1. The molecular weight excluding hydrogens is 262 g/mol. The smallest absolute Gasteiger partial charge is 0.161 e. The molecule has 1 aliphatic rings. The Morgan fingerprint density at radius 3 is 2.81 bits per heavy atom. The van der Waals surface area contributed by atoms with Gasteiger partial charge in [0.25, 0.3) is 0 Å². The van der Waals surface area contributed by atoms with E-state index in [0.29, 0.717) is 13.3 Å². The molecule has 0 aliphatic carbocycles. The summed E-state index contributed by atoms with van der Waals surface area (Å²) in [5, 5.41) is 0. The van der Waals surface area contributed by atoms with Crippen molar-refractivity contribution in [3.8, 4) is 11.5 Å². The number of hydrogen-bond donors (Lipinski definition) is 0. The van der Waals surface area contributed by atoms with Crippen LogP contribution in [0.3, 0.4) is 0 Å². The van der Waals surface area contributed by atoms with Crippen LogP contribution in [0.15, 0.2) is 42.5 Å². The van der Waals surface area contributed by atoms with Gasteiger partial charge in [0.15, 0.2) is 6.73 Å². The van der Waals surface area contributed by atoms with Crippen molar-refractivity contribution in [1.82, 2.24) is 0 Å². The van der Waals surface area contributed by atoms with E-state index in [4.69, 9.17) is 9.47 Å². The number of aryl methyl sites for hydroxylation is 1. The number of para-hydroxylation sites is 1. The molecule has 0 radical (unpaired) electrons. The molecule has 0 N–H and O–H groups in total. The van der Waals surface area contributed by atoms with Gasteiger partial charge in [-0.15, -0.1) is 0 Å². The van der Waals surface area contributed by atoms with E-state index in [1.807, 2.05) is 19.1 Å². The molecule has 0 atom stereocenters. The van der Waals surface area contributed by atoms with Crippen molar-refractivity contribution in [3.63, 3.8) is 0 Å². The Morgan fingerprint density at radius 2 is 2.00 bits per heavy atom. The van der Waals surface area contributed by atoms with Crippen LogP contribution >= 0.6 is 0 Å². The Morgan fingerprint density at radius 1 is 1.14 bits per heavy atom. The first-order valence-electron chi connectivity index (χ1n) is 7.53. The van der Waals surface area contributed by atoms with Crippen molar-refractivity contribution < 1.29 is 9.47 Å². The van der Waals surface area contributed by atoms with Gasteiger partial charge in [-0.2, -0.15) is 0 Å². The fraction of sp³-hybridized carbons (Fsp3) is 0.333. The summed E-state index contributed by atoms with van der Waals surface area (Å²) in [5.41, 5.74) is 3.66. The summed E-state index contributed by atoms with van der Waals surface area (Å²) in [4.78, 5) is 2.25. The second kappa shape index (κ2) is 6.08. The minimum atomic E-state index is 0.591. The summed E-state index contributed by atoms with van der Waals surface area (Å²) in [6.07, 6.45) is 0.967. The highest BCUT2D eigenvalue weighted by atomic mass is 16.5. The van der Waals surface area contributed by atoms with E-state index in [-0.39, 0.29) is 0 Å². The summed E-state index contributed by atoms with van der Waals surface area (Å²) in [6.45, 7) is 6.35. The van der Waals surface area contributed by atoms with Gasteiger partial charge in [-0.3, -0.25) is 0 Å². The molecule has 0 spiro atoms. The van der Waals surface area contributed by atoms with Gasteiger partial charge in [-0.05, 0) is 43.2 Å². The van der Waals surface area contributed by atoms with E-state index in [1.165, 1.54) is 16.8 Å². The average Bonchev–Trinajstić information content (AvgIpc) is 2.55. The third kappa shape index (κ3) is 2.82. The zero-order chi connectivity index (χ0) is 14.7. The maximum atomic E-state index is 5.84. The normalized spacial score (nSPS) is 13.5. The van der Waals surface area contributed by atoms with Crippen LogP contribution in [0.4, 0.5) is 5.69 Å². The summed E-state index contributed by atoms with van der Waals surface area (Å²) in [7, 11) is 0. The van der Waals surface area contributed by atoms with E-state index in [9.17, 15) is 0 Å². The van der Waals surface area contributed by atoms with Crippen molar-refractivity contribution >= 4 is 5.69 Å². The summed E-state index contributed by atoms with van der Waals surface area (Å²) < 4.78 is 11.5. The predicted molar refractivity (Wildman–Crippen MR) is 85.1 cm³/mol. The molecule has 2 aromatic carbocycles. The first-order chi connectivity index (χ1) is 10.3. The quantitative estimate of drug-likeness (QED) is 0.846. The first-order valence-corrected chi connectivity index (χ1v) is 7.53. The maximum Gasteiger partial charge on any atom is 0.161 e. The molecule has 2 aromatic rings. The number of rotatable bonds is 4. The molecule has 0 saturated heterocycles. The molecule has 0 saturated carbocycles. The van der Waals surface area contributed by atoms with Crippen molar-refractivity contribution in [2.45, 2.75) is 26.8 Å². The van der Waals surface area contributed by atoms with Crippen LogP contribution in [0.1, 0.15) is 25.0 Å². The van der Waals surface area contributed by atoms with Crippen LogP contribution in [0.2, 0.25) is 0 Å². The summed E-state index contributed by atoms with van der Waals surface area (Å²) >= 11 is 0. The highest BCUT2D eigenvalue weighted by Crippen LogP contribution is 2.31. The number of anilines is 1. The van der Waals surface area contributed by atoms with Gasteiger partial charge < -0.3 is 14.4 Å². The van der Waals surface area contributed by atoms with Gasteiger partial charge in [0.05, 0.1) is 6.61 Å². The fourth-order valence-corrected chi connectivity index (χ4v) is 2.67. The molecule has 1 heterocycles. The average molecular weight is 283 g/mol. The minimum Gasteiger partial charge on any atom is -0.494 e. The van der Waals surface area contributed by atoms with Crippen molar-refractivity contribution in [3.05, 3.63) is 53.6 Å². The molecule has 3 heteroatoms. The maximum absolute atomic E-state index is 5.84. The molecule has 110 valence electrons. The Kier molecular flexibility index (Phi) is 4.00. The van der Waals surface area contributed by atoms with E-state index in [1.54, 1.807) is 0 Å². The number of ether oxygens (including phenoxy) is 2. The minimum absolute atomic E-state index is 0.591. The third-order valence-corrected chi connectivity index (χ3v) is 3.80. The second-order valence-corrected chi connectivity index (χ2v) is 5.16. The lowest BCUT2D eigenvalue weighted by molar-refractivity contribution is 0.289. The molecule has 0 unspecified atom stereocenters. The van der Waals surface area contributed by atoms with Crippen molar-refractivity contribution in [2.24, 2.45) is 0 Å². The first kappa shape index (κ1) is 13.8. The van der Waals surface area contributed by atoms with E-state index < -0.39 is 0 Å². The largest absolute Gasteiger partial charge is 0.494 e. The molecule has 21 heavy (non-hydrogen) atoms. The summed E-state index contributed by atoms with van der Waals surface area (Å²) in [5.74, 6) is 1.98. The Balaban J connectivity index is 1.85. The van der Waals surface area contributed by atoms with E-state index in [0.717, 1.165) is 24.5 Å². The van der Waals surface area contributed by atoms with Crippen LogP contribution in [0, 0.1) is 0 Å². The molecule has 0 aromatic heterocycles. The van der Waals surface area contributed by atoms with Gasteiger partial charge >= 0.3 is 0 Å². The van der Waals surface area contributed by atoms with Crippen molar-refractivity contribution in [2.75, 3.05) is 18.2 Å². The zero-order valence-electron chi connectivity index (χ0n) is 12.6. The predicted octanol–water partition coefficient (Wildman–Crippen LogP) is 4.00. The van der Waals surface area contributed by atoms with Crippen LogP contribution in [-0.2, 0) is 13.0 Å². The van der Waals surface area contributed by atoms with E-state index in [2.05, 4.69) is 42.2 Å². The van der Waals surface area contributed by atoms with Gasteiger partial charge in [0.1, 0.15) is 11.5 Å². The zero-order valence-corrected chi connectivity index (χ0v) is 12.6. The lowest BCUT2D eigenvalue weighted by atomic mass is 10.1. The monoisotopic (exact) mass is 283 g/mol. The summed E-state index contributed by atoms with van der Waals surface area (Å²) in [6, 6.07) is 14.6. The topological polar surface area (TPSA) is 21.7 Å². The van der Waals surface area contributed by atoms with Crippen LogP contribution in [0.25, 0.3) is 0 Å². The van der Waals surface area contributed by atoms with Crippen LogP contribution in [-0.4, -0.2) is 13.3 Å². The highest BCUT2D eigenvalue weighted by molar-refractivity contribution is 5.55. The van der Waals surface area contributed by atoms with Gasteiger partial charge in [-0.1, -0.05) is 25.1 Å². The van der Waals surface area contributed by atoms with Gasteiger partial charge in [-0.25, -0.2) is 0 Å². The number of hydrogen-bond acceptors (Lipinski definition) is 3. The van der Waals surface area contributed by atoms with Crippen LogP contribution in [0.5, 0.6) is 11.5 Å². The van der Waals surface area contributed by atoms with Crippen LogP contribution < -0.4 is 14.4 Å². The van der Waals surface area contributed by atoms with Crippen molar-refractivity contribution in [1.29, 1.82) is 0 Å². The van der Waals surface area contributed by atoms with Gasteiger partial charge in [0, 0.05) is 17.8 Å². The Bertz CT molecular complexity index is 624. The molecule has 0 bridgehead atoms. The molecule has 1 aliphatic heterocycles. The highest BCUT2D eigenvalue weighted by Gasteiger charge is 2.17. The fourth-order valence-electron chi connectivity index (χ4n) is 2.67. The molecule has 3 nitrogen and oxygen atoms in total. The SMILES string of the molecule is CCOc1ccc(N2COc3ccccc3C2)cc1CC. The van der Waals surface area contributed by atoms with E-state index >= 15 is 0 Å². The number of benzene rings is 2. The second-order valence-electron chi connectivity index (χ2n) is 5.16. The third-order valence-electron chi connectivity index (χ3n) is 3.80. The molecule has 0 fully saturated rings. The molecular formula is C18H21NO2. The Hall–Kier alpha value is -2.16. The van der Waals surface area contributed by atoms with Gasteiger partial charge in [0.2, 0.25) is 0 Å². The lowest BCUT2D eigenvalue weighted by Crippen LogP contribution is -2.31. The lowest BCUT2D eigenvalue weighted by Gasteiger charge is -2.31. The standard InChI is InChI=1S/C18H21NO2/c1-3-14-11-16(9-10-18(14)20-4-2)19-12-15-7-5-6-8-17(15)21-13-19/h5-11H,3-4,12-13H2,1-2H3. The molecule has 3 rings (SSSR count). The number of nitrogens with zero attached hydrogens (tertiary/aromatic N) is 1.